The van der Waals surface area contributed by atoms with E-state index in [1.807, 2.05) is 32.9 Å². The zero-order valence-electron chi connectivity index (χ0n) is 17.1. The van der Waals surface area contributed by atoms with E-state index in [0.717, 1.165) is 31.3 Å². The molecule has 3 nitrogen and oxygen atoms in total. The maximum atomic E-state index is 12.4. The average Bonchev–Trinajstić information content (AvgIpc) is 2.90. The summed E-state index contributed by atoms with van der Waals surface area (Å²) in [6, 6.07) is 0. The lowest BCUT2D eigenvalue weighted by Gasteiger charge is -2.47. The van der Waals surface area contributed by atoms with Crippen LogP contribution in [0.4, 0.5) is 0 Å². The molecule has 0 bridgehead atoms. The van der Waals surface area contributed by atoms with Crippen LogP contribution < -0.4 is 0 Å². The number of allylic oxidation sites excluding steroid dienone is 4. The Morgan fingerprint density at radius 3 is 2.54 bits per heavy atom. The molecule has 3 aliphatic rings. The van der Waals surface area contributed by atoms with Crippen molar-refractivity contribution in [2.45, 2.75) is 67.2 Å². The summed E-state index contributed by atoms with van der Waals surface area (Å²) in [6.07, 6.45) is 9.73. The van der Waals surface area contributed by atoms with Crippen molar-refractivity contribution >= 4 is 11.8 Å². The first-order valence-corrected chi connectivity index (χ1v) is 9.85. The predicted octanol–water partition coefficient (Wildman–Crippen LogP) is 5.17. The van der Waals surface area contributed by atoms with Crippen molar-refractivity contribution in [3.8, 4) is 0 Å². The van der Waals surface area contributed by atoms with Crippen molar-refractivity contribution < 1.29 is 14.3 Å². The molecule has 0 aromatic heterocycles. The highest BCUT2D eigenvalue weighted by molar-refractivity contribution is 6.02. The van der Waals surface area contributed by atoms with Crippen LogP contribution in [-0.2, 0) is 14.3 Å². The maximum Gasteiger partial charge on any atom is 0.311 e. The van der Waals surface area contributed by atoms with Crippen molar-refractivity contribution in [1.82, 2.24) is 0 Å². The van der Waals surface area contributed by atoms with Crippen LogP contribution >= 0.6 is 0 Å². The van der Waals surface area contributed by atoms with Gasteiger partial charge in [-0.25, -0.2) is 0 Å². The number of carbonyl (C=O) groups is 2. The number of fused-ring (bicyclic) bond motifs is 3. The standard InChI is InChI=1S/C23H32O3/c1-15(2)17-8-9-22(6)11-12-23(14-26-20(25)21(3,4)5)10-7-16(24)13-18(23)19(17)22/h7,10,13,15H,8-9,11-12,14H2,1-6H3/t22-,23-/m1/s1. The molecule has 0 N–H and O–H groups in total. The summed E-state index contributed by atoms with van der Waals surface area (Å²) in [5.74, 6) is 0.334. The van der Waals surface area contributed by atoms with Gasteiger partial charge in [-0.3, -0.25) is 9.59 Å². The summed E-state index contributed by atoms with van der Waals surface area (Å²) < 4.78 is 5.75. The molecule has 0 spiro atoms. The van der Waals surface area contributed by atoms with Gasteiger partial charge >= 0.3 is 5.97 Å². The van der Waals surface area contributed by atoms with Gasteiger partial charge in [-0.1, -0.05) is 32.4 Å². The molecule has 0 aromatic rings. The third kappa shape index (κ3) is 3.10. The van der Waals surface area contributed by atoms with E-state index in [9.17, 15) is 9.59 Å². The molecule has 142 valence electrons. The zero-order chi connectivity index (χ0) is 19.3. The lowest BCUT2D eigenvalue weighted by Crippen LogP contribution is -2.41. The van der Waals surface area contributed by atoms with Gasteiger partial charge in [0, 0.05) is 5.41 Å². The zero-order valence-corrected chi connectivity index (χ0v) is 17.1. The van der Waals surface area contributed by atoms with Crippen LogP contribution in [0.25, 0.3) is 0 Å². The van der Waals surface area contributed by atoms with Gasteiger partial charge in [0.05, 0.1) is 5.41 Å². The Morgan fingerprint density at radius 1 is 1.23 bits per heavy atom. The topological polar surface area (TPSA) is 43.4 Å². The monoisotopic (exact) mass is 356 g/mol. The Hall–Kier alpha value is -1.64. The highest BCUT2D eigenvalue weighted by atomic mass is 16.5. The molecule has 0 amide bonds. The first kappa shape index (κ1) is 19.1. The molecular weight excluding hydrogens is 324 g/mol. The highest BCUT2D eigenvalue weighted by Gasteiger charge is 2.51. The molecule has 1 saturated carbocycles. The summed E-state index contributed by atoms with van der Waals surface area (Å²) in [7, 11) is 0. The molecule has 2 atom stereocenters. The van der Waals surface area contributed by atoms with E-state index in [1.165, 1.54) is 11.1 Å². The minimum absolute atomic E-state index is 0.0459. The number of ketones is 1. The molecule has 26 heavy (non-hydrogen) atoms. The van der Waals surface area contributed by atoms with Crippen molar-refractivity contribution in [1.29, 1.82) is 0 Å². The van der Waals surface area contributed by atoms with Gasteiger partial charge in [0.2, 0.25) is 0 Å². The summed E-state index contributed by atoms with van der Waals surface area (Å²) in [6.45, 7) is 12.8. The predicted molar refractivity (Wildman–Crippen MR) is 104 cm³/mol. The normalized spacial score (nSPS) is 31.0. The van der Waals surface area contributed by atoms with Crippen LogP contribution in [0.5, 0.6) is 0 Å². The number of hydrogen-bond acceptors (Lipinski definition) is 3. The lowest BCUT2D eigenvalue weighted by atomic mass is 9.58. The van der Waals surface area contributed by atoms with E-state index < -0.39 is 5.41 Å². The Morgan fingerprint density at radius 2 is 1.92 bits per heavy atom. The fourth-order valence-electron chi connectivity index (χ4n) is 4.69. The van der Waals surface area contributed by atoms with Gasteiger partial charge in [-0.05, 0) is 81.1 Å². The van der Waals surface area contributed by atoms with Gasteiger partial charge in [0.1, 0.15) is 6.61 Å². The van der Waals surface area contributed by atoms with Crippen molar-refractivity contribution in [2.75, 3.05) is 6.61 Å². The highest BCUT2D eigenvalue weighted by Crippen LogP contribution is 2.61. The van der Waals surface area contributed by atoms with Crippen molar-refractivity contribution in [2.24, 2.45) is 22.2 Å². The first-order chi connectivity index (χ1) is 12.0. The third-order valence-electron chi connectivity index (χ3n) is 6.42. The van der Waals surface area contributed by atoms with Crippen LogP contribution in [0.3, 0.4) is 0 Å². The Bertz CT molecular complexity index is 729. The van der Waals surface area contributed by atoms with E-state index in [1.54, 1.807) is 6.08 Å². The summed E-state index contributed by atoms with van der Waals surface area (Å²) in [5.41, 5.74) is 3.24. The third-order valence-corrected chi connectivity index (χ3v) is 6.42. The number of ether oxygens (including phenoxy) is 1. The molecule has 3 aliphatic carbocycles. The fourth-order valence-corrected chi connectivity index (χ4v) is 4.69. The summed E-state index contributed by atoms with van der Waals surface area (Å²) in [5, 5.41) is 0. The first-order valence-electron chi connectivity index (χ1n) is 9.85. The lowest BCUT2D eigenvalue weighted by molar-refractivity contribution is -0.155. The Labute approximate surface area is 157 Å². The van der Waals surface area contributed by atoms with Crippen LogP contribution in [0, 0.1) is 22.2 Å². The SMILES string of the molecule is CC(C)C1=C2C3=CC(=O)C=C[C@]3(COC(=O)C(C)(C)C)CC[C@@]2(C)CC1. The molecule has 0 saturated heterocycles. The molecule has 0 heterocycles. The molecule has 0 aromatic carbocycles. The fraction of sp³-hybridized carbons (Fsp3) is 0.652. The second kappa shape index (κ2) is 6.21. The van der Waals surface area contributed by atoms with Gasteiger partial charge in [0.25, 0.3) is 0 Å². The van der Waals surface area contributed by atoms with Gasteiger partial charge in [0.15, 0.2) is 5.78 Å². The van der Waals surface area contributed by atoms with Gasteiger partial charge < -0.3 is 4.74 Å². The molecule has 1 fully saturated rings. The minimum atomic E-state index is -0.520. The van der Waals surface area contributed by atoms with Crippen molar-refractivity contribution in [3.63, 3.8) is 0 Å². The quantitative estimate of drug-likeness (QED) is 0.655. The number of rotatable bonds is 3. The molecule has 0 radical (unpaired) electrons. The molecular formula is C23H32O3. The second-order valence-corrected chi connectivity index (χ2v) is 9.89. The smallest absolute Gasteiger partial charge is 0.311 e. The van der Waals surface area contributed by atoms with Crippen LogP contribution in [0.15, 0.2) is 34.9 Å². The molecule has 3 heteroatoms. The largest absolute Gasteiger partial charge is 0.464 e. The van der Waals surface area contributed by atoms with E-state index in [0.29, 0.717) is 12.5 Å². The number of hydrogen-bond donors (Lipinski definition) is 0. The van der Waals surface area contributed by atoms with Gasteiger partial charge in [-0.15, -0.1) is 0 Å². The second-order valence-electron chi connectivity index (χ2n) is 9.89. The molecule has 0 unspecified atom stereocenters. The Balaban J connectivity index is 2.01. The average molecular weight is 357 g/mol. The van der Waals surface area contributed by atoms with E-state index >= 15 is 0 Å². The van der Waals surface area contributed by atoms with E-state index in [4.69, 9.17) is 4.74 Å². The van der Waals surface area contributed by atoms with Gasteiger partial charge in [-0.2, -0.15) is 0 Å². The van der Waals surface area contributed by atoms with Crippen LogP contribution in [0.2, 0.25) is 0 Å². The maximum absolute atomic E-state index is 12.4. The van der Waals surface area contributed by atoms with Crippen molar-refractivity contribution in [3.05, 3.63) is 34.9 Å². The van der Waals surface area contributed by atoms with Crippen LogP contribution in [0.1, 0.15) is 67.2 Å². The summed E-state index contributed by atoms with van der Waals surface area (Å²) >= 11 is 0. The molecule has 0 aliphatic heterocycles. The van der Waals surface area contributed by atoms with Crippen LogP contribution in [-0.4, -0.2) is 18.4 Å². The molecule has 3 rings (SSSR count). The minimum Gasteiger partial charge on any atom is -0.464 e. The van der Waals surface area contributed by atoms with E-state index in [2.05, 4.69) is 20.8 Å². The number of esters is 1. The number of carbonyl (C=O) groups excluding carboxylic acids is 2. The van der Waals surface area contributed by atoms with E-state index in [-0.39, 0.29) is 22.6 Å². The summed E-state index contributed by atoms with van der Waals surface area (Å²) in [4.78, 5) is 24.6. The Kier molecular flexibility index (Phi) is 4.57.